The standard InChI is InChI=1S/C12H26N2O/c1-5-9(2)12(15)7-13-11-6-10(3)14(4)8-11/h9-13,15H,5-8H2,1-4H3. The van der Waals surface area contributed by atoms with Crippen molar-refractivity contribution in [3.63, 3.8) is 0 Å². The highest BCUT2D eigenvalue weighted by atomic mass is 16.3. The number of nitrogens with zero attached hydrogens (tertiary/aromatic N) is 1. The second-order valence-corrected chi connectivity index (χ2v) is 5.08. The third-order valence-corrected chi connectivity index (χ3v) is 3.80. The number of nitrogens with one attached hydrogen (secondary N) is 1. The van der Waals surface area contributed by atoms with Gasteiger partial charge in [-0.3, -0.25) is 0 Å². The zero-order chi connectivity index (χ0) is 11.4. The van der Waals surface area contributed by atoms with Crippen molar-refractivity contribution in [2.75, 3.05) is 20.1 Å². The highest BCUT2D eigenvalue weighted by Gasteiger charge is 2.26. The molecule has 0 spiro atoms. The minimum atomic E-state index is -0.198. The van der Waals surface area contributed by atoms with E-state index in [1.807, 2.05) is 0 Å². The second-order valence-electron chi connectivity index (χ2n) is 5.08. The smallest absolute Gasteiger partial charge is 0.0690 e. The number of hydrogen-bond acceptors (Lipinski definition) is 3. The fraction of sp³-hybridized carbons (Fsp3) is 1.00. The molecule has 1 aliphatic rings. The summed E-state index contributed by atoms with van der Waals surface area (Å²) in [5.74, 6) is 0.397. The molecule has 0 aromatic heterocycles. The molecule has 90 valence electrons. The first kappa shape index (κ1) is 12.9. The van der Waals surface area contributed by atoms with Crippen LogP contribution in [0, 0.1) is 5.92 Å². The Bertz CT molecular complexity index is 176. The van der Waals surface area contributed by atoms with Crippen molar-refractivity contribution in [2.24, 2.45) is 5.92 Å². The number of likely N-dealkylation sites (tertiary alicyclic amines) is 1. The lowest BCUT2D eigenvalue weighted by molar-refractivity contribution is 0.110. The van der Waals surface area contributed by atoms with E-state index in [1.54, 1.807) is 0 Å². The summed E-state index contributed by atoms with van der Waals surface area (Å²) >= 11 is 0. The molecule has 1 aliphatic heterocycles. The lowest BCUT2D eigenvalue weighted by Gasteiger charge is -2.20. The van der Waals surface area contributed by atoms with Crippen molar-refractivity contribution >= 4 is 0 Å². The molecule has 1 fully saturated rings. The molecule has 1 heterocycles. The SMILES string of the molecule is CCC(C)C(O)CNC1CC(C)N(C)C1. The normalized spacial score (nSPS) is 31.8. The van der Waals surface area contributed by atoms with Gasteiger partial charge in [-0.2, -0.15) is 0 Å². The van der Waals surface area contributed by atoms with Crippen LogP contribution >= 0.6 is 0 Å². The number of likely N-dealkylation sites (N-methyl/N-ethyl adjacent to an activating group) is 1. The van der Waals surface area contributed by atoms with Gasteiger partial charge in [-0.15, -0.1) is 0 Å². The van der Waals surface area contributed by atoms with Crippen molar-refractivity contribution in [3.8, 4) is 0 Å². The van der Waals surface area contributed by atoms with E-state index in [2.05, 4.69) is 38.0 Å². The van der Waals surface area contributed by atoms with Gasteiger partial charge in [-0.05, 0) is 26.3 Å². The van der Waals surface area contributed by atoms with Crippen LogP contribution in [0.3, 0.4) is 0 Å². The van der Waals surface area contributed by atoms with E-state index in [9.17, 15) is 5.11 Å². The Kier molecular flexibility index (Phi) is 5.03. The van der Waals surface area contributed by atoms with Gasteiger partial charge in [-0.1, -0.05) is 20.3 Å². The molecule has 3 nitrogen and oxygen atoms in total. The van der Waals surface area contributed by atoms with Gasteiger partial charge in [0.1, 0.15) is 0 Å². The van der Waals surface area contributed by atoms with Gasteiger partial charge in [0.05, 0.1) is 6.10 Å². The maximum Gasteiger partial charge on any atom is 0.0690 e. The summed E-state index contributed by atoms with van der Waals surface area (Å²) in [6, 6.07) is 1.23. The lowest BCUT2D eigenvalue weighted by atomic mass is 10.0. The van der Waals surface area contributed by atoms with Gasteiger partial charge >= 0.3 is 0 Å². The molecule has 1 saturated heterocycles. The molecular weight excluding hydrogens is 188 g/mol. The van der Waals surface area contributed by atoms with Crippen LogP contribution in [0.1, 0.15) is 33.6 Å². The first-order chi connectivity index (χ1) is 7.04. The zero-order valence-corrected chi connectivity index (χ0v) is 10.5. The fourth-order valence-corrected chi connectivity index (χ4v) is 2.10. The van der Waals surface area contributed by atoms with E-state index in [0.29, 0.717) is 18.0 Å². The average Bonchev–Trinajstić information content (AvgIpc) is 2.54. The predicted molar refractivity (Wildman–Crippen MR) is 64.0 cm³/mol. The quantitative estimate of drug-likeness (QED) is 0.719. The minimum absolute atomic E-state index is 0.198. The van der Waals surface area contributed by atoms with Gasteiger partial charge in [0.2, 0.25) is 0 Å². The van der Waals surface area contributed by atoms with E-state index in [0.717, 1.165) is 19.5 Å². The topological polar surface area (TPSA) is 35.5 Å². The molecule has 0 bridgehead atoms. The maximum atomic E-state index is 9.83. The Morgan fingerprint density at radius 3 is 2.67 bits per heavy atom. The molecule has 0 aliphatic carbocycles. The summed E-state index contributed by atoms with van der Waals surface area (Å²) in [4.78, 5) is 2.37. The molecule has 2 N–H and O–H groups in total. The van der Waals surface area contributed by atoms with Gasteiger partial charge in [-0.25, -0.2) is 0 Å². The van der Waals surface area contributed by atoms with E-state index in [1.165, 1.54) is 6.42 Å². The van der Waals surface area contributed by atoms with Crippen molar-refractivity contribution < 1.29 is 5.11 Å². The molecule has 0 amide bonds. The van der Waals surface area contributed by atoms with Gasteiger partial charge < -0.3 is 15.3 Å². The molecule has 1 rings (SSSR count). The maximum absolute atomic E-state index is 9.83. The van der Waals surface area contributed by atoms with Crippen LogP contribution in [0.2, 0.25) is 0 Å². The van der Waals surface area contributed by atoms with Crippen LogP contribution < -0.4 is 5.32 Å². The van der Waals surface area contributed by atoms with Crippen molar-refractivity contribution in [1.82, 2.24) is 10.2 Å². The number of hydrogen-bond donors (Lipinski definition) is 2. The Hall–Kier alpha value is -0.120. The third-order valence-electron chi connectivity index (χ3n) is 3.80. The van der Waals surface area contributed by atoms with Crippen molar-refractivity contribution in [1.29, 1.82) is 0 Å². The number of rotatable bonds is 5. The molecule has 0 saturated carbocycles. The zero-order valence-electron chi connectivity index (χ0n) is 10.5. The van der Waals surface area contributed by atoms with Crippen LogP contribution in [0.5, 0.6) is 0 Å². The molecule has 4 unspecified atom stereocenters. The average molecular weight is 214 g/mol. The summed E-state index contributed by atoms with van der Waals surface area (Å²) in [6.45, 7) is 8.33. The van der Waals surface area contributed by atoms with Gasteiger partial charge in [0, 0.05) is 25.2 Å². The fourth-order valence-electron chi connectivity index (χ4n) is 2.10. The first-order valence-electron chi connectivity index (χ1n) is 6.16. The molecule has 3 heteroatoms. The number of aliphatic hydroxyl groups is 1. The molecule has 0 aromatic rings. The van der Waals surface area contributed by atoms with E-state index < -0.39 is 0 Å². The summed E-state index contributed by atoms with van der Waals surface area (Å²) in [7, 11) is 2.16. The van der Waals surface area contributed by atoms with Crippen molar-refractivity contribution in [3.05, 3.63) is 0 Å². The van der Waals surface area contributed by atoms with Crippen LogP contribution in [-0.4, -0.2) is 48.3 Å². The van der Waals surface area contributed by atoms with Crippen molar-refractivity contribution in [2.45, 2.75) is 51.8 Å². The van der Waals surface area contributed by atoms with Gasteiger partial charge in [0.25, 0.3) is 0 Å². The summed E-state index contributed by atoms with van der Waals surface area (Å²) in [5, 5.41) is 13.3. The highest BCUT2D eigenvalue weighted by Crippen LogP contribution is 2.15. The molecular formula is C12H26N2O. The largest absolute Gasteiger partial charge is 0.392 e. The Labute approximate surface area is 93.9 Å². The van der Waals surface area contributed by atoms with E-state index >= 15 is 0 Å². The summed E-state index contributed by atoms with van der Waals surface area (Å²) < 4.78 is 0. The van der Waals surface area contributed by atoms with Gasteiger partial charge in [0.15, 0.2) is 0 Å². The predicted octanol–water partition coefficient (Wildman–Crippen LogP) is 1.08. The third kappa shape index (κ3) is 3.74. The first-order valence-corrected chi connectivity index (χ1v) is 6.16. The Balaban J connectivity index is 2.21. The van der Waals surface area contributed by atoms with Crippen LogP contribution in [-0.2, 0) is 0 Å². The number of aliphatic hydroxyl groups excluding tert-OH is 1. The van der Waals surface area contributed by atoms with E-state index in [4.69, 9.17) is 0 Å². The van der Waals surface area contributed by atoms with Crippen LogP contribution in [0.15, 0.2) is 0 Å². The lowest BCUT2D eigenvalue weighted by Crippen LogP contribution is -2.39. The minimum Gasteiger partial charge on any atom is -0.392 e. The highest BCUT2D eigenvalue weighted by molar-refractivity contribution is 4.85. The Morgan fingerprint density at radius 1 is 1.53 bits per heavy atom. The Morgan fingerprint density at radius 2 is 2.20 bits per heavy atom. The monoisotopic (exact) mass is 214 g/mol. The molecule has 4 atom stereocenters. The summed E-state index contributed by atoms with van der Waals surface area (Å²) in [6.07, 6.45) is 2.05. The molecule has 0 radical (unpaired) electrons. The van der Waals surface area contributed by atoms with Crippen LogP contribution in [0.25, 0.3) is 0 Å². The molecule has 15 heavy (non-hydrogen) atoms. The summed E-state index contributed by atoms with van der Waals surface area (Å²) in [5.41, 5.74) is 0. The van der Waals surface area contributed by atoms with E-state index in [-0.39, 0.29) is 6.10 Å². The molecule has 0 aromatic carbocycles. The van der Waals surface area contributed by atoms with Crippen LogP contribution in [0.4, 0.5) is 0 Å². The second kappa shape index (κ2) is 5.83.